The molecule has 2 aromatic rings. The lowest BCUT2D eigenvalue weighted by atomic mass is 9.84. The van der Waals surface area contributed by atoms with Gasteiger partial charge in [-0.25, -0.2) is 8.78 Å². The van der Waals surface area contributed by atoms with Crippen molar-refractivity contribution < 1.29 is 27.5 Å². The van der Waals surface area contributed by atoms with E-state index in [4.69, 9.17) is 0 Å². The predicted molar refractivity (Wildman–Crippen MR) is 96.6 cm³/mol. The van der Waals surface area contributed by atoms with E-state index >= 15 is 0 Å². The fourth-order valence-electron chi connectivity index (χ4n) is 3.53. The van der Waals surface area contributed by atoms with Crippen LogP contribution in [0.1, 0.15) is 29.0 Å². The Bertz CT molecular complexity index is 912. The molecule has 0 unspecified atom stereocenters. The zero-order valence-electron chi connectivity index (χ0n) is 15.5. The van der Waals surface area contributed by atoms with Gasteiger partial charge in [-0.3, -0.25) is 9.59 Å². The number of carbonyl (C=O) groups excluding carboxylic acids is 2. The van der Waals surface area contributed by atoms with Crippen molar-refractivity contribution in [1.29, 1.82) is 0 Å². The van der Waals surface area contributed by atoms with Gasteiger partial charge in [0.25, 0.3) is 0 Å². The van der Waals surface area contributed by atoms with Gasteiger partial charge in [0.05, 0.1) is 13.0 Å². The number of hydrogen-bond donors (Lipinski definition) is 1. The first-order chi connectivity index (χ1) is 13.3. The first-order valence-electron chi connectivity index (χ1n) is 8.88. The van der Waals surface area contributed by atoms with E-state index in [-0.39, 0.29) is 30.7 Å². The Morgan fingerprint density at radius 1 is 1.18 bits per heavy atom. The minimum absolute atomic E-state index is 0.00341. The largest absolute Gasteiger partial charge is 0.491 e. The number of carbonyl (C=O) groups is 2. The van der Waals surface area contributed by atoms with Crippen molar-refractivity contribution in [3.63, 3.8) is 0 Å². The predicted octanol–water partition coefficient (Wildman–Crippen LogP) is 3.45. The molecule has 1 heterocycles. The smallest absolute Gasteiger partial charge is 0.224 e. The van der Waals surface area contributed by atoms with Crippen LogP contribution in [0, 0.1) is 30.3 Å². The van der Waals surface area contributed by atoms with E-state index in [1.54, 1.807) is 0 Å². The van der Waals surface area contributed by atoms with Crippen LogP contribution in [0.5, 0.6) is 5.75 Å². The number of nitrogens with one attached hydrogen (secondary N) is 1. The van der Waals surface area contributed by atoms with Gasteiger partial charge >= 0.3 is 0 Å². The van der Waals surface area contributed by atoms with Crippen molar-refractivity contribution in [1.82, 2.24) is 5.32 Å². The maximum absolute atomic E-state index is 14.5. The van der Waals surface area contributed by atoms with Gasteiger partial charge in [-0.15, -0.1) is 0 Å². The molecule has 1 aliphatic rings. The van der Waals surface area contributed by atoms with Crippen molar-refractivity contribution in [3.05, 3.63) is 64.5 Å². The van der Waals surface area contributed by atoms with E-state index < -0.39 is 40.9 Å². The van der Waals surface area contributed by atoms with Crippen molar-refractivity contribution in [2.24, 2.45) is 5.92 Å². The summed E-state index contributed by atoms with van der Waals surface area (Å²) in [6.07, 6.45) is -0.0102. The summed E-state index contributed by atoms with van der Waals surface area (Å²) in [5.41, 5.74) is 1.59. The van der Waals surface area contributed by atoms with Crippen LogP contribution in [0.4, 0.5) is 13.2 Å². The molecule has 0 aliphatic carbocycles. The Labute approximate surface area is 160 Å². The number of Topliss-reactive ketones (excluding diaryl/α,β-unsaturated/α-hetero) is 1. The van der Waals surface area contributed by atoms with Crippen LogP contribution in [0.15, 0.2) is 30.3 Å². The first kappa shape index (κ1) is 19.9. The summed E-state index contributed by atoms with van der Waals surface area (Å²) in [7, 11) is 1.04. The summed E-state index contributed by atoms with van der Waals surface area (Å²) >= 11 is 0. The van der Waals surface area contributed by atoms with Gasteiger partial charge < -0.3 is 10.1 Å². The summed E-state index contributed by atoms with van der Waals surface area (Å²) < 4.78 is 47.1. The van der Waals surface area contributed by atoms with Crippen molar-refractivity contribution in [2.75, 3.05) is 13.7 Å². The molecule has 0 radical (unpaired) electrons. The third-order valence-corrected chi connectivity index (χ3v) is 5.04. The molecule has 1 N–H and O–H groups in total. The van der Waals surface area contributed by atoms with E-state index in [1.165, 1.54) is 0 Å². The Kier molecular flexibility index (Phi) is 5.72. The normalized spacial score (nSPS) is 18.8. The third-order valence-electron chi connectivity index (χ3n) is 5.04. The molecule has 1 saturated heterocycles. The molecule has 2 atom stereocenters. The summed E-state index contributed by atoms with van der Waals surface area (Å²) in [6.45, 7) is 1.93. The summed E-state index contributed by atoms with van der Waals surface area (Å²) in [5.74, 6) is -6.95. The van der Waals surface area contributed by atoms with E-state index in [0.717, 1.165) is 24.3 Å². The maximum atomic E-state index is 14.5. The van der Waals surface area contributed by atoms with Gasteiger partial charge in [-0.2, -0.15) is 4.39 Å². The van der Waals surface area contributed by atoms with Crippen LogP contribution in [0.3, 0.4) is 0 Å². The molecular weight excluding hydrogens is 371 g/mol. The number of benzene rings is 2. The standard InChI is InChI=1S/C21H20F3NO3/c1-11-3-5-12(6-4-11)7-13(26)8-15-16(10-25-21(15)27)14-9-17(22)20(28-2)19(24)18(14)23/h3-6,9,15-16H,7-8,10H2,1-2H3,(H,25,27)/t15-,16-/m0/s1. The fourth-order valence-corrected chi connectivity index (χ4v) is 3.53. The van der Waals surface area contributed by atoms with Crippen molar-refractivity contribution in [2.45, 2.75) is 25.7 Å². The van der Waals surface area contributed by atoms with E-state index in [1.807, 2.05) is 31.2 Å². The van der Waals surface area contributed by atoms with Gasteiger partial charge in [0.1, 0.15) is 5.78 Å². The monoisotopic (exact) mass is 391 g/mol. The van der Waals surface area contributed by atoms with Crippen LogP contribution in [-0.2, 0) is 16.0 Å². The minimum atomic E-state index is -1.44. The Hall–Kier alpha value is -2.83. The Morgan fingerprint density at radius 2 is 1.86 bits per heavy atom. The second-order valence-corrected chi connectivity index (χ2v) is 6.97. The number of ether oxygens (including phenoxy) is 1. The molecule has 1 aliphatic heterocycles. The molecule has 0 aromatic heterocycles. The highest BCUT2D eigenvalue weighted by molar-refractivity contribution is 5.90. The van der Waals surface area contributed by atoms with Crippen LogP contribution < -0.4 is 10.1 Å². The molecular formula is C21H20F3NO3. The minimum Gasteiger partial charge on any atom is -0.491 e. The van der Waals surface area contributed by atoms with Crippen LogP contribution >= 0.6 is 0 Å². The molecule has 148 valence electrons. The quantitative estimate of drug-likeness (QED) is 0.768. The molecule has 2 aromatic carbocycles. The number of hydrogen-bond acceptors (Lipinski definition) is 3. The molecule has 4 nitrogen and oxygen atoms in total. The van der Waals surface area contributed by atoms with E-state index in [2.05, 4.69) is 10.1 Å². The second-order valence-electron chi connectivity index (χ2n) is 6.97. The van der Waals surface area contributed by atoms with Gasteiger partial charge in [0, 0.05) is 25.3 Å². The highest BCUT2D eigenvalue weighted by Crippen LogP contribution is 2.37. The summed E-state index contributed by atoms with van der Waals surface area (Å²) in [6, 6.07) is 8.25. The number of aryl methyl sites for hydroxylation is 1. The zero-order chi connectivity index (χ0) is 20.4. The molecule has 1 amide bonds. The topological polar surface area (TPSA) is 55.4 Å². The molecule has 0 spiro atoms. The average molecular weight is 391 g/mol. The van der Waals surface area contributed by atoms with Crippen LogP contribution in [0.25, 0.3) is 0 Å². The Balaban J connectivity index is 1.82. The SMILES string of the molecule is COc1c(F)cc([C@@H]2CNC(=O)[C@H]2CC(=O)Cc2ccc(C)cc2)c(F)c1F. The zero-order valence-corrected chi connectivity index (χ0v) is 15.5. The van der Waals surface area contributed by atoms with Gasteiger partial charge in [-0.1, -0.05) is 29.8 Å². The van der Waals surface area contributed by atoms with Crippen molar-refractivity contribution in [3.8, 4) is 5.75 Å². The average Bonchev–Trinajstić information content (AvgIpc) is 3.01. The van der Waals surface area contributed by atoms with Gasteiger partial charge in [-0.05, 0) is 24.1 Å². The molecule has 3 rings (SSSR count). The lowest BCUT2D eigenvalue weighted by molar-refractivity contribution is -0.127. The molecule has 28 heavy (non-hydrogen) atoms. The van der Waals surface area contributed by atoms with E-state index in [0.29, 0.717) is 0 Å². The van der Waals surface area contributed by atoms with E-state index in [9.17, 15) is 22.8 Å². The fraction of sp³-hybridized carbons (Fsp3) is 0.333. The number of ketones is 1. The lowest BCUT2D eigenvalue weighted by Gasteiger charge is -2.18. The van der Waals surface area contributed by atoms with Gasteiger partial charge in [0.15, 0.2) is 17.4 Å². The van der Waals surface area contributed by atoms with Gasteiger partial charge in [0.2, 0.25) is 11.7 Å². The number of halogens is 3. The molecule has 0 bridgehead atoms. The first-order valence-corrected chi connectivity index (χ1v) is 8.88. The van der Waals surface area contributed by atoms with Crippen molar-refractivity contribution >= 4 is 11.7 Å². The summed E-state index contributed by atoms with van der Waals surface area (Å²) in [5, 5.41) is 2.56. The van der Waals surface area contributed by atoms with Crippen LogP contribution in [0.2, 0.25) is 0 Å². The highest BCUT2D eigenvalue weighted by atomic mass is 19.2. The third kappa shape index (κ3) is 3.88. The molecule has 1 fully saturated rings. The maximum Gasteiger partial charge on any atom is 0.224 e. The second kappa shape index (κ2) is 8.04. The number of methoxy groups -OCH3 is 1. The lowest BCUT2D eigenvalue weighted by Crippen LogP contribution is -2.23. The Morgan fingerprint density at radius 3 is 2.50 bits per heavy atom. The molecule has 7 heteroatoms. The summed E-state index contributed by atoms with van der Waals surface area (Å²) in [4.78, 5) is 24.7. The van der Waals surface area contributed by atoms with Crippen LogP contribution in [-0.4, -0.2) is 25.3 Å². The highest BCUT2D eigenvalue weighted by Gasteiger charge is 2.39. The molecule has 0 saturated carbocycles. The number of amides is 1. The number of rotatable bonds is 6.